The second-order valence-corrected chi connectivity index (χ2v) is 10.5. The van der Waals surface area contributed by atoms with Crippen molar-refractivity contribution in [2.75, 3.05) is 18.6 Å². The number of rotatable bonds is 6. The molecule has 2 heterocycles. The first-order chi connectivity index (χ1) is 18.2. The first-order valence-electron chi connectivity index (χ1n) is 12.3. The van der Waals surface area contributed by atoms with Gasteiger partial charge in [0.25, 0.3) is 5.91 Å². The number of hydrogen-bond acceptors (Lipinski definition) is 6. The summed E-state index contributed by atoms with van der Waals surface area (Å²) < 4.78 is 53.8. The lowest BCUT2D eigenvalue weighted by Crippen LogP contribution is -2.37. The van der Waals surface area contributed by atoms with Gasteiger partial charge in [0.2, 0.25) is 5.43 Å². The number of benzene rings is 2. The zero-order chi connectivity index (χ0) is 28.7. The second-order valence-electron chi connectivity index (χ2n) is 10.5. The molecule has 8 nitrogen and oxygen atoms in total. The van der Waals surface area contributed by atoms with Gasteiger partial charge in [-0.05, 0) is 56.7 Å². The Bertz CT molecular complexity index is 1480. The van der Waals surface area contributed by atoms with E-state index in [0.717, 1.165) is 0 Å². The third kappa shape index (κ3) is 6.08. The Balaban J connectivity index is 1.88. The minimum atomic E-state index is -4.57. The molecule has 2 unspecified atom stereocenters. The van der Waals surface area contributed by atoms with Gasteiger partial charge in [-0.25, -0.2) is 4.79 Å². The van der Waals surface area contributed by atoms with Crippen LogP contribution in [0.2, 0.25) is 0 Å². The number of ether oxygens (including phenoxy) is 2. The minimum Gasteiger partial charge on any atom is -0.467 e. The number of fused-ring (bicyclic) bond motifs is 1. The quantitative estimate of drug-likeness (QED) is 0.468. The zero-order valence-corrected chi connectivity index (χ0v) is 22.0. The molecule has 1 fully saturated rings. The summed E-state index contributed by atoms with van der Waals surface area (Å²) in [5.41, 5.74) is 4.68. The topological polar surface area (TPSA) is 104 Å². The van der Waals surface area contributed by atoms with Crippen molar-refractivity contribution in [3.05, 3.63) is 70.0 Å². The van der Waals surface area contributed by atoms with Gasteiger partial charge >= 0.3 is 12.1 Å². The van der Waals surface area contributed by atoms with Crippen molar-refractivity contribution in [1.29, 1.82) is 0 Å². The molecule has 208 valence electrons. The minimum absolute atomic E-state index is 0.117. The molecule has 2 atom stereocenters. The average Bonchev–Trinajstić information content (AvgIpc) is 3.25. The Morgan fingerprint density at radius 2 is 1.79 bits per heavy atom. The van der Waals surface area contributed by atoms with E-state index in [-0.39, 0.29) is 34.8 Å². The van der Waals surface area contributed by atoms with Crippen LogP contribution in [0.4, 0.5) is 18.9 Å². The molecule has 11 heteroatoms. The number of alkyl halides is 3. The maximum Gasteiger partial charge on any atom is 0.393 e. The first-order valence-corrected chi connectivity index (χ1v) is 12.3. The molecule has 1 aliphatic rings. The number of nitrogens with two attached hydrogens (primary N) is 1. The van der Waals surface area contributed by atoms with E-state index in [1.165, 1.54) is 36.1 Å². The van der Waals surface area contributed by atoms with E-state index in [2.05, 4.69) is 0 Å². The Morgan fingerprint density at radius 3 is 2.41 bits per heavy atom. The fraction of sp³-hybridized carbons (Fsp3) is 0.393. The van der Waals surface area contributed by atoms with Crippen LogP contribution in [0.3, 0.4) is 0 Å². The van der Waals surface area contributed by atoms with Gasteiger partial charge in [-0.2, -0.15) is 13.2 Å². The summed E-state index contributed by atoms with van der Waals surface area (Å²) in [7, 11) is 1.26. The molecule has 3 aromatic rings. The first kappa shape index (κ1) is 28.2. The predicted molar refractivity (Wildman–Crippen MR) is 140 cm³/mol. The van der Waals surface area contributed by atoms with Gasteiger partial charge in [0.05, 0.1) is 30.8 Å². The summed E-state index contributed by atoms with van der Waals surface area (Å²) in [6, 6.07) is 9.99. The summed E-state index contributed by atoms with van der Waals surface area (Å²) in [6.07, 6.45) is -4.73. The molecule has 0 saturated carbocycles. The molecule has 1 aromatic heterocycles. The van der Waals surface area contributed by atoms with Crippen LogP contribution >= 0.6 is 0 Å². The number of esters is 1. The van der Waals surface area contributed by atoms with E-state index < -0.39 is 41.5 Å². The van der Waals surface area contributed by atoms with Crippen molar-refractivity contribution in [3.63, 3.8) is 0 Å². The Hall–Kier alpha value is -3.86. The number of nitrogens with zero attached hydrogens (tertiary/aromatic N) is 2. The molecule has 1 aliphatic heterocycles. The zero-order valence-electron chi connectivity index (χ0n) is 22.0. The van der Waals surface area contributed by atoms with Gasteiger partial charge in [-0.3, -0.25) is 9.59 Å². The van der Waals surface area contributed by atoms with Crippen molar-refractivity contribution in [3.8, 4) is 5.69 Å². The number of aromatic nitrogens is 1. The molecular weight excluding hydrogens is 515 g/mol. The van der Waals surface area contributed by atoms with Crippen LogP contribution in [0.25, 0.3) is 16.6 Å². The van der Waals surface area contributed by atoms with E-state index in [9.17, 15) is 27.6 Å². The van der Waals surface area contributed by atoms with Crippen molar-refractivity contribution in [2.24, 2.45) is 5.73 Å². The Labute approximate surface area is 223 Å². The third-order valence-corrected chi connectivity index (χ3v) is 6.48. The largest absolute Gasteiger partial charge is 0.467 e. The van der Waals surface area contributed by atoms with Crippen LogP contribution < -0.4 is 16.1 Å². The molecular formula is C28H30F3N3O5. The number of primary amides is 1. The van der Waals surface area contributed by atoms with Crippen molar-refractivity contribution in [1.82, 2.24) is 4.57 Å². The lowest BCUT2D eigenvalue weighted by atomic mass is 10.0. The summed E-state index contributed by atoms with van der Waals surface area (Å²) in [5, 5.41) is 0.142. The van der Waals surface area contributed by atoms with Gasteiger partial charge in [-0.1, -0.05) is 12.1 Å². The van der Waals surface area contributed by atoms with Gasteiger partial charge < -0.3 is 24.7 Å². The van der Waals surface area contributed by atoms with Gasteiger partial charge in [0.1, 0.15) is 11.6 Å². The summed E-state index contributed by atoms with van der Waals surface area (Å²) in [5.74, 6) is -1.51. The number of carbonyl (C=O) groups is 2. The van der Waals surface area contributed by atoms with Crippen molar-refractivity contribution in [2.45, 2.75) is 57.5 Å². The van der Waals surface area contributed by atoms with Crippen LogP contribution in [0.15, 0.2) is 53.5 Å². The normalized spacial score (nSPS) is 18.0. The molecule has 0 radical (unpaired) electrons. The fourth-order valence-electron chi connectivity index (χ4n) is 5.02. The molecule has 0 spiro atoms. The Kier molecular flexibility index (Phi) is 7.48. The number of pyridine rings is 1. The highest BCUT2D eigenvalue weighted by molar-refractivity contribution is 5.96. The number of halogens is 3. The number of methoxy groups -OCH3 is 1. The van der Waals surface area contributed by atoms with Gasteiger partial charge in [0, 0.05) is 35.9 Å². The highest BCUT2D eigenvalue weighted by Crippen LogP contribution is 2.35. The highest BCUT2D eigenvalue weighted by atomic mass is 19.4. The summed E-state index contributed by atoms with van der Waals surface area (Å²) >= 11 is 0. The standard InChI is InChI=1S/C28H30F3N3O5/c1-27(2,3)39-18-12-23(26(37)38-4)33(14-18)17-9-10-21(16(11-17)13-28(29,30)31)34-15-20(25(32)36)24(35)19-7-5-6-8-22(19)34/h5-11,15,18,23H,12-14H2,1-4H3,(H2,32,36). The van der Waals surface area contributed by atoms with Crippen LogP contribution in [-0.4, -0.2) is 54.0 Å². The maximum absolute atomic E-state index is 13.8. The lowest BCUT2D eigenvalue weighted by molar-refractivity contribution is -0.142. The average molecular weight is 546 g/mol. The Morgan fingerprint density at radius 1 is 1.10 bits per heavy atom. The lowest BCUT2D eigenvalue weighted by Gasteiger charge is -2.27. The van der Waals surface area contributed by atoms with Gasteiger partial charge in [-0.15, -0.1) is 0 Å². The van der Waals surface area contributed by atoms with Crippen LogP contribution in [0.1, 0.15) is 43.1 Å². The van der Waals surface area contributed by atoms with E-state index in [1.54, 1.807) is 29.2 Å². The van der Waals surface area contributed by atoms with Crippen LogP contribution in [-0.2, 0) is 20.7 Å². The number of hydrogen-bond donors (Lipinski definition) is 1. The molecule has 4 rings (SSSR count). The van der Waals surface area contributed by atoms with E-state index in [1.807, 2.05) is 20.8 Å². The number of anilines is 1. The van der Waals surface area contributed by atoms with Crippen molar-refractivity contribution < 1.29 is 32.2 Å². The number of para-hydroxylation sites is 1. The molecule has 2 N–H and O–H groups in total. The SMILES string of the molecule is COC(=O)C1CC(OC(C)(C)C)CN1c1ccc(-n2cc(C(N)=O)c(=O)c3ccccc32)c(CC(F)(F)F)c1. The van der Waals surface area contributed by atoms with E-state index >= 15 is 0 Å². The van der Waals surface area contributed by atoms with E-state index in [0.29, 0.717) is 17.6 Å². The predicted octanol–water partition coefficient (Wildman–Crippen LogP) is 4.13. The van der Waals surface area contributed by atoms with E-state index in [4.69, 9.17) is 15.2 Å². The number of carbonyl (C=O) groups excluding carboxylic acids is 2. The molecule has 39 heavy (non-hydrogen) atoms. The number of amides is 1. The summed E-state index contributed by atoms with van der Waals surface area (Å²) in [4.78, 5) is 39.1. The third-order valence-electron chi connectivity index (χ3n) is 6.48. The van der Waals surface area contributed by atoms with Crippen LogP contribution in [0.5, 0.6) is 0 Å². The monoisotopic (exact) mass is 545 g/mol. The smallest absolute Gasteiger partial charge is 0.393 e. The molecule has 1 saturated heterocycles. The van der Waals surface area contributed by atoms with Gasteiger partial charge in [0.15, 0.2) is 0 Å². The summed E-state index contributed by atoms with van der Waals surface area (Å²) in [6.45, 7) is 5.92. The molecule has 0 aliphatic carbocycles. The highest BCUT2D eigenvalue weighted by Gasteiger charge is 2.40. The fourth-order valence-corrected chi connectivity index (χ4v) is 5.02. The molecule has 2 aromatic carbocycles. The van der Waals surface area contributed by atoms with Crippen molar-refractivity contribution >= 4 is 28.5 Å². The van der Waals surface area contributed by atoms with Crippen LogP contribution in [0, 0.1) is 0 Å². The maximum atomic E-state index is 13.8. The molecule has 1 amide bonds. The second kappa shape index (κ2) is 10.4. The molecule has 0 bridgehead atoms.